The number of rotatable bonds is 9. The van der Waals surface area contributed by atoms with E-state index in [4.69, 9.17) is 0 Å². The van der Waals surface area contributed by atoms with Crippen LogP contribution in [0.3, 0.4) is 0 Å². The van der Waals surface area contributed by atoms with E-state index < -0.39 is 0 Å². The summed E-state index contributed by atoms with van der Waals surface area (Å²) in [6.07, 6.45) is 13.9. The normalized spacial score (nSPS) is 9.16. The summed E-state index contributed by atoms with van der Waals surface area (Å²) >= 11 is 0. The Morgan fingerprint density at radius 1 is 0.737 bits per heavy atom. The smallest absolute Gasteiger partial charge is 0.343 e. The third kappa shape index (κ3) is 20.9. The van der Waals surface area contributed by atoms with E-state index in [0.717, 1.165) is 6.42 Å². The monoisotopic (exact) mass is 286 g/mol. The van der Waals surface area contributed by atoms with Gasteiger partial charge in [-0.1, -0.05) is 64.7 Å². The van der Waals surface area contributed by atoms with Gasteiger partial charge in [-0.2, -0.15) is 42.8 Å². The predicted octanol–water partition coefficient (Wildman–Crippen LogP) is 5.85. The van der Waals surface area contributed by atoms with Crippen molar-refractivity contribution >= 4 is 37.7 Å². The van der Waals surface area contributed by atoms with Crippen LogP contribution < -0.4 is 0 Å². The molecule has 1 aromatic rings. The van der Waals surface area contributed by atoms with Crippen LogP contribution in [0.25, 0.3) is 0 Å². The maximum atomic E-state index is 3.84. The van der Waals surface area contributed by atoms with E-state index in [1.54, 1.807) is 0 Å². The summed E-state index contributed by atoms with van der Waals surface area (Å²) in [6, 6.07) is 12.5. The predicted molar refractivity (Wildman–Crippen MR) is 88.2 cm³/mol. The molecule has 0 aliphatic heterocycles. The molecule has 0 saturated carbocycles. The maximum absolute atomic E-state index is 3.84. The molecule has 0 amide bonds. The van der Waals surface area contributed by atoms with E-state index in [9.17, 15) is 0 Å². The summed E-state index contributed by atoms with van der Waals surface area (Å²) in [6.45, 7) is 6.12. The molecule has 0 spiro atoms. The molecule has 1 rings (SSSR count). The average Bonchev–Trinajstić information content (AvgIpc) is 2.44. The average molecular weight is 287 g/mol. The number of unbranched alkanes of at least 4 members (excludes halogenated alkanes) is 9. The van der Waals surface area contributed by atoms with Gasteiger partial charge in [-0.05, 0) is 0 Å². The molecule has 0 aromatic heterocycles. The van der Waals surface area contributed by atoms with E-state index in [0.29, 0.717) is 0 Å². The van der Waals surface area contributed by atoms with Crippen LogP contribution in [0.4, 0.5) is 0 Å². The second kappa shape index (κ2) is 20.8. The molecule has 19 heavy (non-hydrogen) atoms. The van der Waals surface area contributed by atoms with Crippen molar-refractivity contribution in [2.75, 3.05) is 0 Å². The molecule has 104 valence electrons. The molecule has 0 atom stereocenters. The quantitative estimate of drug-likeness (QED) is 0.303. The Balaban J connectivity index is 0. The Hall–Kier alpha value is 0.480. The largest absolute Gasteiger partial charge is 2.00 e. The molecule has 1 aromatic carbocycles. The van der Waals surface area contributed by atoms with Crippen LogP contribution in [0.2, 0.25) is 0 Å². The fraction of sp³-hybridized carbons (Fsp3) is 0.611. The third-order valence-electron chi connectivity index (χ3n) is 2.96. The Bertz CT molecular complexity index is 184. The fourth-order valence-electron chi connectivity index (χ4n) is 1.83. The standard InChI is InChI=1S/C12H25.C6H5.Ca/c1-3-5-7-9-11-12-10-8-6-4-2;1-2-4-6-5-3-1;/h1,3-12H2,2H3;1-5H;/q2*-1;+2. The van der Waals surface area contributed by atoms with E-state index >= 15 is 0 Å². The summed E-state index contributed by atoms with van der Waals surface area (Å²) in [5, 5.41) is 0. The molecule has 0 aliphatic rings. The van der Waals surface area contributed by atoms with Crippen LogP contribution in [0.5, 0.6) is 0 Å². The molecule has 0 N–H and O–H groups in total. The second-order valence-corrected chi connectivity index (χ2v) is 4.76. The summed E-state index contributed by atoms with van der Waals surface area (Å²) < 4.78 is 0. The third-order valence-corrected chi connectivity index (χ3v) is 2.96. The first-order chi connectivity index (χ1) is 8.91. The molecule has 0 bridgehead atoms. The zero-order chi connectivity index (χ0) is 13.3. The van der Waals surface area contributed by atoms with Crippen molar-refractivity contribution in [3.05, 3.63) is 43.3 Å². The zero-order valence-electron chi connectivity index (χ0n) is 12.9. The van der Waals surface area contributed by atoms with Gasteiger partial charge in [0.05, 0.1) is 0 Å². The van der Waals surface area contributed by atoms with Crippen LogP contribution in [0.15, 0.2) is 30.3 Å². The molecule has 0 unspecified atom stereocenters. The van der Waals surface area contributed by atoms with Gasteiger partial charge < -0.3 is 6.92 Å². The van der Waals surface area contributed by atoms with Crippen LogP contribution in [-0.2, 0) is 0 Å². The van der Waals surface area contributed by atoms with Gasteiger partial charge in [0.25, 0.3) is 0 Å². The summed E-state index contributed by atoms with van der Waals surface area (Å²) in [5.74, 6) is 0. The molecule has 0 saturated heterocycles. The first kappa shape index (κ1) is 21.8. The molecule has 0 fully saturated rings. The minimum Gasteiger partial charge on any atom is -0.343 e. The molecular formula is C18H30Ca. The molecular weight excluding hydrogens is 256 g/mol. The number of benzene rings is 1. The van der Waals surface area contributed by atoms with Crippen molar-refractivity contribution < 1.29 is 0 Å². The first-order valence-corrected chi connectivity index (χ1v) is 7.62. The minimum atomic E-state index is 0. The van der Waals surface area contributed by atoms with E-state index in [-0.39, 0.29) is 37.7 Å². The van der Waals surface area contributed by atoms with Gasteiger partial charge >= 0.3 is 37.7 Å². The molecule has 1 heteroatoms. The minimum absolute atomic E-state index is 0. The van der Waals surface area contributed by atoms with Gasteiger partial charge in [0.15, 0.2) is 0 Å². The summed E-state index contributed by atoms with van der Waals surface area (Å²) in [4.78, 5) is 0. The van der Waals surface area contributed by atoms with Crippen LogP contribution >= 0.6 is 0 Å². The topological polar surface area (TPSA) is 0 Å². The van der Waals surface area contributed by atoms with Gasteiger partial charge in [0.2, 0.25) is 0 Å². The summed E-state index contributed by atoms with van der Waals surface area (Å²) in [5.41, 5.74) is 0. The molecule has 0 aliphatic carbocycles. The van der Waals surface area contributed by atoms with Crippen molar-refractivity contribution in [2.24, 2.45) is 0 Å². The Morgan fingerprint density at radius 3 is 1.53 bits per heavy atom. The molecule has 0 radical (unpaired) electrons. The fourth-order valence-corrected chi connectivity index (χ4v) is 1.83. The van der Waals surface area contributed by atoms with Gasteiger partial charge in [-0.25, -0.2) is 0 Å². The van der Waals surface area contributed by atoms with Gasteiger partial charge in [-0.3, -0.25) is 0 Å². The van der Waals surface area contributed by atoms with Crippen molar-refractivity contribution in [3.63, 3.8) is 0 Å². The van der Waals surface area contributed by atoms with E-state index in [1.165, 1.54) is 57.8 Å². The van der Waals surface area contributed by atoms with Crippen molar-refractivity contribution in [3.8, 4) is 0 Å². The van der Waals surface area contributed by atoms with Gasteiger partial charge in [0.1, 0.15) is 0 Å². The molecule has 0 nitrogen and oxygen atoms in total. The van der Waals surface area contributed by atoms with Crippen LogP contribution in [0.1, 0.15) is 71.1 Å². The number of hydrogen-bond acceptors (Lipinski definition) is 0. The Morgan fingerprint density at radius 2 is 1.21 bits per heavy atom. The Labute approximate surface area is 151 Å². The van der Waals surface area contributed by atoms with Gasteiger partial charge in [0, 0.05) is 0 Å². The Kier molecular flexibility index (Phi) is 23.8. The first-order valence-electron chi connectivity index (χ1n) is 7.62. The number of hydrogen-bond donors (Lipinski definition) is 0. The summed E-state index contributed by atoms with van der Waals surface area (Å²) in [7, 11) is 0. The second-order valence-electron chi connectivity index (χ2n) is 4.76. The van der Waals surface area contributed by atoms with E-state index in [1.807, 2.05) is 30.3 Å². The van der Waals surface area contributed by atoms with Crippen LogP contribution in [0, 0.1) is 13.0 Å². The van der Waals surface area contributed by atoms with Crippen LogP contribution in [-0.4, -0.2) is 37.7 Å². The van der Waals surface area contributed by atoms with E-state index in [2.05, 4.69) is 19.9 Å². The van der Waals surface area contributed by atoms with Crippen molar-refractivity contribution in [1.29, 1.82) is 0 Å². The zero-order valence-corrected chi connectivity index (χ0v) is 15.1. The SMILES string of the molecule is [CH2-]CCCCCCCCCCC.[Ca+2].[c-]1ccccc1. The van der Waals surface area contributed by atoms with Crippen molar-refractivity contribution in [1.82, 2.24) is 0 Å². The van der Waals surface area contributed by atoms with Gasteiger partial charge in [-0.15, -0.1) is 0 Å². The van der Waals surface area contributed by atoms with Crippen molar-refractivity contribution in [2.45, 2.75) is 71.1 Å². The maximum Gasteiger partial charge on any atom is 2.00 e. The molecule has 0 heterocycles.